The van der Waals surface area contributed by atoms with E-state index >= 15 is 0 Å². The van der Waals surface area contributed by atoms with Crippen LogP contribution in [-0.4, -0.2) is 15.2 Å². The van der Waals surface area contributed by atoms with Crippen molar-refractivity contribution in [3.05, 3.63) is 33.1 Å². The number of aromatic nitrogens is 2. The first-order chi connectivity index (χ1) is 9.75. The molecule has 21 heavy (non-hydrogen) atoms. The molecular weight excluding hydrogens is 264 g/mol. The summed E-state index contributed by atoms with van der Waals surface area (Å²) in [5.41, 5.74) is 4.41. The fourth-order valence-electron chi connectivity index (χ4n) is 3.07. The van der Waals surface area contributed by atoms with Crippen LogP contribution in [0, 0.1) is 19.8 Å². The molecule has 0 radical (unpaired) electrons. The molecule has 1 aromatic heterocycles. The molecule has 2 heterocycles. The summed E-state index contributed by atoms with van der Waals surface area (Å²) >= 11 is 0. The van der Waals surface area contributed by atoms with Crippen LogP contribution >= 0.6 is 0 Å². The van der Waals surface area contributed by atoms with Gasteiger partial charge in [0.15, 0.2) is 0 Å². The molecule has 1 aromatic rings. The second-order valence-electron chi connectivity index (χ2n) is 6.43. The van der Waals surface area contributed by atoms with Gasteiger partial charge in [-0.2, -0.15) is 10.2 Å². The van der Waals surface area contributed by atoms with Gasteiger partial charge in [0.2, 0.25) is 0 Å². The number of hydrogen-bond acceptors (Lipinski definition) is 3. The van der Waals surface area contributed by atoms with E-state index in [9.17, 15) is 4.79 Å². The second kappa shape index (κ2) is 5.62. The minimum atomic E-state index is 0.0835. The zero-order valence-electron chi connectivity index (χ0n) is 14.1. The predicted molar refractivity (Wildman–Crippen MR) is 84.7 cm³/mol. The highest BCUT2D eigenvalue weighted by atomic mass is 16.1. The van der Waals surface area contributed by atoms with Gasteiger partial charge >= 0.3 is 5.69 Å². The topological polar surface area (TPSA) is 51.6 Å². The van der Waals surface area contributed by atoms with E-state index in [1.807, 2.05) is 43.8 Å². The van der Waals surface area contributed by atoms with Gasteiger partial charge in [-0.15, -0.1) is 0 Å². The summed E-state index contributed by atoms with van der Waals surface area (Å²) < 4.78 is 3.75. The van der Waals surface area contributed by atoms with Gasteiger partial charge in [-0.3, -0.25) is 9.13 Å². The highest BCUT2D eigenvalue weighted by Crippen LogP contribution is 2.27. The van der Waals surface area contributed by atoms with Crippen LogP contribution in [-0.2, 0) is 6.54 Å². The minimum Gasteiger partial charge on any atom is -0.296 e. The molecule has 2 unspecified atom stereocenters. The van der Waals surface area contributed by atoms with E-state index in [0.29, 0.717) is 6.54 Å². The number of hydrogen-bond donors (Lipinski definition) is 0. The third-order valence-electron chi connectivity index (χ3n) is 4.60. The van der Waals surface area contributed by atoms with Crippen molar-refractivity contribution in [1.82, 2.24) is 9.13 Å². The zero-order chi connectivity index (χ0) is 15.9. The first-order valence-corrected chi connectivity index (χ1v) is 7.62. The number of allylic oxidation sites excluding steroid dienone is 1. The number of rotatable bonds is 4. The Morgan fingerprint density at radius 1 is 1.10 bits per heavy atom. The van der Waals surface area contributed by atoms with Crippen LogP contribution in [0.5, 0.6) is 0 Å². The Morgan fingerprint density at radius 3 is 2.14 bits per heavy atom. The van der Waals surface area contributed by atoms with Crippen molar-refractivity contribution in [3.8, 4) is 0 Å². The summed E-state index contributed by atoms with van der Waals surface area (Å²) in [6.07, 6.45) is 0. The molecule has 2 atom stereocenters. The first kappa shape index (κ1) is 15.7. The fraction of sp³-hybridized carbons (Fsp3) is 0.688. The molecule has 2 rings (SSSR count). The Hall–Kier alpha value is -1.65. The Kier molecular flexibility index (Phi) is 4.21. The third kappa shape index (κ3) is 2.61. The first-order valence-electron chi connectivity index (χ1n) is 7.62. The Labute approximate surface area is 126 Å². The van der Waals surface area contributed by atoms with Gasteiger partial charge in [0.1, 0.15) is 0 Å². The monoisotopic (exact) mass is 290 g/mol. The van der Waals surface area contributed by atoms with Crippen molar-refractivity contribution in [2.45, 2.75) is 67.1 Å². The summed E-state index contributed by atoms with van der Waals surface area (Å²) in [6.45, 7) is 15.0. The van der Waals surface area contributed by atoms with Gasteiger partial charge in [0.05, 0.1) is 11.7 Å². The van der Waals surface area contributed by atoms with Crippen LogP contribution in [0.1, 0.15) is 52.0 Å². The van der Waals surface area contributed by atoms with Crippen LogP contribution in [0.15, 0.2) is 26.3 Å². The number of imidazole rings is 1. The van der Waals surface area contributed by atoms with Gasteiger partial charge in [0.25, 0.3) is 0 Å². The van der Waals surface area contributed by atoms with Gasteiger partial charge in [0, 0.05) is 29.9 Å². The minimum absolute atomic E-state index is 0.0835. The van der Waals surface area contributed by atoms with Crippen LogP contribution in [0.3, 0.4) is 0 Å². The molecule has 0 saturated heterocycles. The van der Waals surface area contributed by atoms with E-state index in [1.165, 1.54) is 5.57 Å². The van der Waals surface area contributed by atoms with Crippen molar-refractivity contribution in [2.75, 3.05) is 0 Å². The standard InChI is InChI=1S/C16H26N4O/c1-9(2)20-14(7)13(6)19(16(20)21)8-10(3)15-11(4)12(5)17-18-15/h9-10,15H,8H2,1-7H3. The smallest absolute Gasteiger partial charge is 0.296 e. The number of azo groups is 1. The largest absolute Gasteiger partial charge is 0.328 e. The highest BCUT2D eigenvalue weighted by molar-refractivity contribution is 5.20. The fourth-order valence-corrected chi connectivity index (χ4v) is 3.07. The van der Waals surface area contributed by atoms with E-state index in [-0.39, 0.29) is 23.7 Å². The van der Waals surface area contributed by atoms with E-state index in [0.717, 1.165) is 17.1 Å². The lowest BCUT2D eigenvalue weighted by Gasteiger charge is -2.18. The van der Waals surface area contributed by atoms with E-state index in [1.54, 1.807) is 0 Å². The second-order valence-corrected chi connectivity index (χ2v) is 6.43. The molecule has 0 saturated carbocycles. The quantitative estimate of drug-likeness (QED) is 0.835. The normalized spacial score (nSPS) is 19.9. The third-order valence-corrected chi connectivity index (χ3v) is 4.60. The molecule has 1 aliphatic rings. The maximum absolute atomic E-state index is 12.6. The average Bonchev–Trinajstić information content (AvgIpc) is 2.83. The summed E-state index contributed by atoms with van der Waals surface area (Å²) in [6, 6.07) is 0.279. The maximum atomic E-state index is 12.6. The van der Waals surface area contributed by atoms with Gasteiger partial charge in [-0.1, -0.05) is 6.92 Å². The average molecular weight is 290 g/mol. The lowest BCUT2D eigenvalue weighted by Crippen LogP contribution is -2.31. The predicted octanol–water partition coefficient (Wildman–Crippen LogP) is 3.61. The molecule has 0 aliphatic carbocycles. The summed E-state index contributed by atoms with van der Waals surface area (Å²) in [4.78, 5) is 12.6. The molecule has 5 heteroatoms. The molecule has 0 aromatic carbocycles. The SMILES string of the molecule is CC1=C(C)C(C(C)Cn2c(C)c(C)n(C(C)C)c2=O)N=N1. The van der Waals surface area contributed by atoms with E-state index < -0.39 is 0 Å². The van der Waals surface area contributed by atoms with Gasteiger partial charge in [-0.05, 0) is 47.1 Å². The Balaban J connectivity index is 2.31. The van der Waals surface area contributed by atoms with Crippen LogP contribution in [0.2, 0.25) is 0 Å². The van der Waals surface area contributed by atoms with Crippen LogP contribution in [0.4, 0.5) is 0 Å². The molecule has 0 fully saturated rings. The van der Waals surface area contributed by atoms with Crippen molar-refractivity contribution in [1.29, 1.82) is 0 Å². The van der Waals surface area contributed by atoms with Crippen LogP contribution in [0.25, 0.3) is 0 Å². The maximum Gasteiger partial charge on any atom is 0.328 e. The lowest BCUT2D eigenvalue weighted by molar-refractivity contribution is 0.412. The number of nitrogens with zero attached hydrogens (tertiary/aromatic N) is 4. The Morgan fingerprint density at radius 2 is 1.71 bits per heavy atom. The molecule has 0 bridgehead atoms. The summed E-state index contributed by atoms with van der Waals surface area (Å²) in [5, 5.41) is 8.52. The van der Waals surface area contributed by atoms with E-state index in [4.69, 9.17) is 0 Å². The molecule has 5 nitrogen and oxygen atoms in total. The van der Waals surface area contributed by atoms with E-state index in [2.05, 4.69) is 24.1 Å². The molecule has 0 N–H and O–H groups in total. The zero-order valence-corrected chi connectivity index (χ0v) is 14.1. The van der Waals surface area contributed by atoms with Gasteiger partial charge in [-0.25, -0.2) is 4.79 Å². The molecule has 0 amide bonds. The van der Waals surface area contributed by atoms with Crippen molar-refractivity contribution < 1.29 is 0 Å². The summed E-state index contributed by atoms with van der Waals surface area (Å²) in [7, 11) is 0. The molecule has 116 valence electrons. The van der Waals surface area contributed by atoms with Crippen molar-refractivity contribution in [2.24, 2.45) is 16.1 Å². The van der Waals surface area contributed by atoms with Crippen molar-refractivity contribution in [3.63, 3.8) is 0 Å². The highest BCUT2D eigenvalue weighted by Gasteiger charge is 2.26. The summed E-state index contributed by atoms with van der Waals surface area (Å²) in [5.74, 6) is 0.255. The lowest BCUT2D eigenvalue weighted by atomic mass is 9.95. The van der Waals surface area contributed by atoms with Gasteiger partial charge < -0.3 is 0 Å². The molecular formula is C16H26N4O. The molecule has 0 spiro atoms. The Bertz CT molecular complexity index is 661. The van der Waals surface area contributed by atoms with Crippen LogP contribution < -0.4 is 5.69 Å². The van der Waals surface area contributed by atoms with Crippen molar-refractivity contribution >= 4 is 0 Å². The molecule has 1 aliphatic heterocycles.